The Balaban J connectivity index is 0.00000147. The predicted molar refractivity (Wildman–Crippen MR) is 78.5 cm³/mol. The molecule has 2 aliphatic heterocycles. The van der Waals surface area contributed by atoms with Crippen LogP contribution in [-0.2, 0) is 17.1 Å². The van der Waals surface area contributed by atoms with E-state index in [1.807, 2.05) is 0 Å². The Morgan fingerprint density at radius 2 is 1.95 bits per heavy atom. The quantitative estimate of drug-likeness (QED) is 0.860. The summed E-state index contributed by atoms with van der Waals surface area (Å²) in [4.78, 5) is 4.10. The lowest BCUT2D eigenvalue weighted by Gasteiger charge is -2.29. The second-order valence-electron chi connectivity index (χ2n) is 5.66. The van der Waals surface area contributed by atoms with Crippen LogP contribution in [0.4, 0.5) is 0 Å². The van der Waals surface area contributed by atoms with E-state index in [0.29, 0.717) is 17.9 Å². The van der Waals surface area contributed by atoms with Crippen molar-refractivity contribution in [1.82, 2.24) is 19.6 Å². The molecule has 0 aromatic carbocycles. The van der Waals surface area contributed by atoms with Gasteiger partial charge in [0, 0.05) is 31.4 Å². The lowest BCUT2D eigenvalue weighted by molar-refractivity contribution is 0.345. The van der Waals surface area contributed by atoms with Crippen molar-refractivity contribution in [3.05, 3.63) is 12.0 Å². The molecule has 114 valence electrons. The van der Waals surface area contributed by atoms with Crippen molar-refractivity contribution in [1.29, 1.82) is 0 Å². The Kier molecular flexibility index (Phi) is 4.44. The second-order valence-corrected chi connectivity index (χ2v) is 7.33. The lowest BCUT2D eigenvalue weighted by atomic mass is 10.0. The van der Waals surface area contributed by atoms with Gasteiger partial charge in [-0.1, -0.05) is 0 Å². The molecule has 8 heteroatoms. The van der Waals surface area contributed by atoms with Crippen molar-refractivity contribution in [2.45, 2.75) is 55.8 Å². The summed E-state index contributed by atoms with van der Waals surface area (Å²) in [6.07, 6.45) is 5.63. The maximum absolute atomic E-state index is 12.3. The molecule has 0 spiro atoms. The normalized spacial score (nSPS) is 29.2. The fourth-order valence-corrected chi connectivity index (χ4v) is 4.39. The lowest BCUT2D eigenvalue weighted by Crippen LogP contribution is -2.47. The minimum absolute atomic E-state index is 0. The average molecular weight is 321 g/mol. The van der Waals surface area contributed by atoms with Gasteiger partial charge in [-0.2, -0.15) is 0 Å². The van der Waals surface area contributed by atoms with Crippen molar-refractivity contribution in [2.24, 2.45) is 7.05 Å². The van der Waals surface area contributed by atoms with Crippen LogP contribution >= 0.6 is 12.4 Å². The summed E-state index contributed by atoms with van der Waals surface area (Å²) in [6.45, 7) is 1.80. The van der Waals surface area contributed by atoms with Crippen LogP contribution in [0.1, 0.15) is 31.5 Å². The van der Waals surface area contributed by atoms with Gasteiger partial charge in [-0.25, -0.2) is 18.1 Å². The molecule has 2 unspecified atom stereocenters. The molecule has 6 nitrogen and oxygen atoms in total. The van der Waals surface area contributed by atoms with Gasteiger partial charge in [0.25, 0.3) is 10.0 Å². The van der Waals surface area contributed by atoms with E-state index >= 15 is 0 Å². The van der Waals surface area contributed by atoms with Gasteiger partial charge in [0.2, 0.25) is 0 Å². The highest BCUT2D eigenvalue weighted by atomic mass is 35.5. The number of rotatable bonds is 3. The maximum Gasteiger partial charge on any atom is 0.259 e. The van der Waals surface area contributed by atoms with Crippen LogP contribution in [0.25, 0.3) is 0 Å². The van der Waals surface area contributed by atoms with E-state index in [4.69, 9.17) is 0 Å². The number of piperidine rings is 1. The zero-order chi connectivity index (χ0) is 13.6. The van der Waals surface area contributed by atoms with E-state index < -0.39 is 10.0 Å². The number of hydrogen-bond acceptors (Lipinski definition) is 4. The Hall–Kier alpha value is -0.630. The minimum atomic E-state index is -3.49. The topological polar surface area (TPSA) is 76.0 Å². The molecule has 2 aliphatic rings. The van der Waals surface area contributed by atoms with E-state index in [-0.39, 0.29) is 23.5 Å². The van der Waals surface area contributed by atoms with Crippen LogP contribution in [0.5, 0.6) is 0 Å². The molecular weight excluding hydrogens is 300 g/mol. The number of sulfonamides is 1. The van der Waals surface area contributed by atoms with Crippen molar-refractivity contribution in [2.75, 3.05) is 0 Å². The molecule has 3 heterocycles. The number of fused-ring (bicyclic) bond motifs is 2. The molecule has 3 rings (SSSR count). The molecule has 2 bridgehead atoms. The third kappa shape index (κ3) is 3.00. The van der Waals surface area contributed by atoms with Gasteiger partial charge in [0.05, 0.1) is 0 Å². The Morgan fingerprint density at radius 1 is 1.35 bits per heavy atom. The molecule has 20 heavy (non-hydrogen) atoms. The molecule has 2 saturated heterocycles. The highest BCUT2D eigenvalue weighted by Gasteiger charge is 2.35. The number of hydrogen-bond donors (Lipinski definition) is 2. The molecule has 0 saturated carbocycles. The van der Waals surface area contributed by atoms with E-state index in [9.17, 15) is 8.42 Å². The molecule has 2 fully saturated rings. The third-order valence-electron chi connectivity index (χ3n) is 4.16. The van der Waals surface area contributed by atoms with Crippen LogP contribution in [0.3, 0.4) is 0 Å². The SMILES string of the molecule is Cc1nc(S(=O)(=O)NC2CC3CCC(C2)N3)cn1C.Cl. The summed E-state index contributed by atoms with van der Waals surface area (Å²) in [7, 11) is -1.69. The monoisotopic (exact) mass is 320 g/mol. The van der Waals surface area contributed by atoms with Gasteiger partial charge in [-0.05, 0) is 32.6 Å². The number of halogens is 1. The molecule has 2 atom stereocenters. The van der Waals surface area contributed by atoms with E-state index in [0.717, 1.165) is 25.7 Å². The number of aryl methyl sites for hydroxylation is 2. The highest BCUT2D eigenvalue weighted by molar-refractivity contribution is 7.89. The summed E-state index contributed by atoms with van der Waals surface area (Å²) >= 11 is 0. The Morgan fingerprint density at radius 3 is 2.45 bits per heavy atom. The first-order valence-corrected chi connectivity index (χ1v) is 8.21. The van der Waals surface area contributed by atoms with E-state index in [1.54, 1.807) is 24.7 Å². The third-order valence-corrected chi connectivity index (χ3v) is 5.55. The van der Waals surface area contributed by atoms with Gasteiger partial charge >= 0.3 is 0 Å². The van der Waals surface area contributed by atoms with Gasteiger partial charge in [0.15, 0.2) is 5.03 Å². The highest BCUT2D eigenvalue weighted by Crippen LogP contribution is 2.27. The first-order valence-electron chi connectivity index (χ1n) is 6.72. The summed E-state index contributed by atoms with van der Waals surface area (Å²) < 4.78 is 29.1. The van der Waals surface area contributed by atoms with Gasteiger partial charge in [-0.15, -0.1) is 12.4 Å². The summed E-state index contributed by atoms with van der Waals surface area (Å²) in [6, 6.07) is 0.972. The zero-order valence-corrected chi connectivity index (χ0v) is 13.3. The molecular formula is C12H21ClN4O2S. The molecule has 2 N–H and O–H groups in total. The summed E-state index contributed by atoms with van der Waals surface area (Å²) in [5.41, 5.74) is 0. The number of aromatic nitrogens is 2. The maximum atomic E-state index is 12.3. The first-order chi connectivity index (χ1) is 8.94. The predicted octanol–water partition coefficient (Wildman–Crippen LogP) is 0.712. The molecule has 0 aliphatic carbocycles. The average Bonchev–Trinajstić information content (AvgIpc) is 2.83. The van der Waals surface area contributed by atoms with E-state index in [2.05, 4.69) is 15.0 Å². The second kappa shape index (κ2) is 5.63. The molecule has 1 aromatic heterocycles. The standard InChI is InChI=1S/C12H20N4O2S.ClH/c1-8-13-12(7-16(8)2)19(17,18)15-11-5-9-3-4-10(6-11)14-9;/h7,9-11,14-15H,3-6H2,1-2H3;1H. The Labute approximate surface area is 125 Å². The molecule has 0 amide bonds. The van der Waals surface area contributed by atoms with Crippen molar-refractivity contribution in [3.63, 3.8) is 0 Å². The zero-order valence-electron chi connectivity index (χ0n) is 11.7. The number of nitrogens with one attached hydrogen (secondary N) is 2. The smallest absolute Gasteiger partial charge is 0.259 e. The minimum Gasteiger partial charge on any atom is -0.337 e. The van der Waals surface area contributed by atoms with Crippen LogP contribution in [0, 0.1) is 6.92 Å². The van der Waals surface area contributed by atoms with Crippen LogP contribution in [0.15, 0.2) is 11.2 Å². The van der Waals surface area contributed by atoms with Crippen molar-refractivity contribution < 1.29 is 8.42 Å². The fourth-order valence-electron chi connectivity index (χ4n) is 3.09. The molecule has 0 radical (unpaired) electrons. The summed E-state index contributed by atoms with van der Waals surface area (Å²) in [5.74, 6) is 0.700. The van der Waals surface area contributed by atoms with Gasteiger partial charge in [0.1, 0.15) is 5.82 Å². The van der Waals surface area contributed by atoms with Crippen LogP contribution < -0.4 is 10.0 Å². The summed E-state index contributed by atoms with van der Waals surface area (Å²) in [5, 5.41) is 3.63. The first kappa shape index (κ1) is 15.8. The largest absolute Gasteiger partial charge is 0.337 e. The molecule has 1 aromatic rings. The number of nitrogens with zero attached hydrogens (tertiary/aromatic N) is 2. The number of imidazole rings is 1. The fraction of sp³-hybridized carbons (Fsp3) is 0.750. The Bertz CT molecular complexity index is 555. The van der Waals surface area contributed by atoms with Gasteiger partial charge in [-0.3, -0.25) is 0 Å². The van der Waals surface area contributed by atoms with Crippen molar-refractivity contribution in [3.8, 4) is 0 Å². The van der Waals surface area contributed by atoms with Crippen LogP contribution in [-0.4, -0.2) is 36.1 Å². The van der Waals surface area contributed by atoms with Crippen LogP contribution in [0.2, 0.25) is 0 Å². The van der Waals surface area contributed by atoms with Crippen molar-refractivity contribution >= 4 is 22.4 Å². The van der Waals surface area contributed by atoms with Gasteiger partial charge < -0.3 is 9.88 Å². The van der Waals surface area contributed by atoms with E-state index in [1.165, 1.54) is 0 Å².